The number of rotatable bonds is 2. The van der Waals surface area contributed by atoms with Crippen molar-refractivity contribution in [2.75, 3.05) is 0 Å². The Morgan fingerprint density at radius 3 is 2.32 bits per heavy atom. The largest absolute Gasteiger partial charge is 0.495 e. The average molecular weight is 324 g/mol. The monoisotopic (exact) mass is 323 g/mol. The van der Waals surface area contributed by atoms with E-state index < -0.39 is 0 Å². The van der Waals surface area contributed by atoms with Gasteiger partial charge in [-0.25, -0.2) is 4.98 Å². The lowest BCUT2D eigenvalue weighted by Crippen LogP contribution is -2.41. The van der Waals surface area contributed by atoms with E-state index in [4.69, 9.17) is 9.31 Å². The van der Waals surface area contributed by atoms with Gasteiger partial charge in [0.2, 0.25) is 0 Å². The smallest absolute Gasteiger partial charge is 0.399 e. The van der Waals surface area contributed by atoms with E-state index in [0.29, 0.717) is 5.92 Å². The SMILES string of the molecule is CC1(C)OB(c2cc(Br)ncc2C2CC2)OC1(C)C. The van der Waals surface area contributed by atoms with Crippen LogP contribution in [0.1, 0.15) is 52.0 Å². The number of aromatic nitrogens is 1. The van der Waals surface area contributed by atoms with Gasteiger partial charge in [0.15, 0.2) is 0 Å². The van der Waals surface area contributed by atoms with Crippen LogP contribution in [-0.2, 0) is 9.31 Å². The summed E-state index contributed by atoms with van der Waals surface area (Å²) in [6.07, 6.45) is 4.45. The summed E-state index contributed by atoms with van der Waals surface area (Å²) >= 11 is 3.45. The number of hydrogen-bond donors (Lipinski definition) is 0. The van der Waals surface area contributed by atoms with Crippen LogP contribution in [0.4, 0.5) is 0 Å². The minimum atomic E-state index is -0.297. The second kappa shape index (κ2) is 4.30. The van der Waals surface area contributed by atoms with E-state index in [1.54, 1.807) is 0 Å². The molecule has 5 heteroatoms. The maximum Gasteiger partial charge on any atom is 0.495 e. The molecule has 2 aliphatic rings. The Morgan fingerprint density at radius 2 is 1.79 bits per heavy atom. The van der Waals surface area contributed by atoms with Gasteiger partial charge in [0.05, 0.1) is 11.2 Å². The van der Waals surface area contributed by atoms with Crippen LogP contribution in [0.15, 0.2) is 16.9 Å². The predicted octanol–water partition coefficient (Wildman–Crippen LogP) is 3.02. The molecule has 1 saturated carbocycles. The Morgan fingerprint density at radius 1 is 1.21 bits per heavy atom. The van der Waals surface area contributed by atoms with Gasteiger partial charge in [0.25, 0.3) is 0 Å². The van der Waals surface area contributed by atoms with Crippen molar-refractivity contribution in [1.82, 2.24) is 4.98 Å². The lowest BCUT2D eigenvalue weighted by Gasteiger charge is -2.32. The molecule has 1 aliphatic carbocycles. The van der Waals surface area contributed by atoms with Gasteiger partial charge in [-0.05, 0) is 79.5 Å². The van der Waals surface area contributed by atoms with Gasteiger partial charge in [0, 0.05) is 6.20 Å². The highest BCUT2D eigenvalue weighted by Gasteiger charge is 2.52. The molecule has 0 atom stereocenters. The molecule has 1 aromatic heterocycles. The first-order chi connectivity index (χ1) is 8.80. The molecule has 19 heavy (non-hydrogen) atoms. The summed E-state index contributed by atoms with van der Waals surface area (Å²) in [5.41, 5.74) is 1.81. The minimum Gasteiger partial charge on any atom is -0.399 e. The van der Waals surface area contributed by atoms with Crippen LogP contribution in [0.2, 0.25) is 0 Å². The molecule has 2 fully saturated rings. The van der Waals surface area contributed by atoms with Crippen molar-refractivity contribution >= 4 is 28.5 Å². The fourth-order valence-corrected chi connectivity index (χ4v) is 2.71. The average Bonchev–Trinajstić information content (AvgIpc) is 3.07. The number of hydrogen-bond acceptors (Lipinski definition) is 3. The molecule has 1 aliphatic heterocycles. The molecule has 102 valence electrons. The molecular formula is C14H19BBrNO2. The molecular weight excluding hydrogens is 305 g/mol. The maximum atomic E-state index is 6.15. The normalized spacial score (nSPS) is 24.8. The summed E-state index contributed by atoms with van der Waals surface area (Å²) < 4.78 is 13.1. The van der Waals surface area contributed by atoms with Gasteiger partial charge >= 0.3 is 7.12 Å². The predicted molar refractivity (Wildman–Crippen MR) is 79.6 cm³/mol. The van der Waals surface area contributed by atoms with E-state index >= 15 is 0 Å². The first-order valence-corrected chi connectivity index (χ1v) is 7.60. The third-order valence-electron chi connectivity index (χ3n) is 4.46. The first kappa shape index (κ1) is 13.6. The Hall–Kier alpha value is -0.385. The fraction of sp³-hybridized carbons (Fsp3) is 0.643. The van der Waals surface area contributed by atoms with Gasteiger partial charge in [-0.1, -0.05) is 0 Å². The topological polar surface area (TPSA) is 31.4 Å². The molecule has 0 unspecified atom stereocenters. The summed E-state index contributed by atoms with van der Waals surface area (Å²) in [6, 6.07) is 2.04. The van der Waals surface area contributed by atoms with E-state index in [0.717, 1.165) is 10.1 Å². The zero-order valence-electron chi connectivity index (χ0n) is 11.9. The molecule has 3 rings (SSSR count). The first-order valence-electron chi connectivity index (χ1n) is 6.81. The molecule has 3 nitrogen and oxygen atoms in total. The van der Waals surface area contributed by atoms with Crippen LogP contribution in [0.3, 0.4) is 0 Å². The Kier molecular flexibility index (Phi) is 3.08. The van der Waals surface area contributed by atoms with Crippen LogP contribution in [0.5, 0.6) is 0 Å². The fourth-order valence-electron chi connectivity index (χ4n) is 2.36. The second-order valence-corrected chi connectivity index (χ2v) is 7.31. The van der Waals surface area contributed by atoms with Crippen molar-refractivity contribution < 1.29 is 9.31 Å². The zero-order chi connectivity index (χ0) is 13.8. The number of pyridine rings is 1. The molecule has 0 amide bonds. The van der Waals surface area contributed by atoms with Gasteiger partial charge in [-0.15, -0.1) is 0 Å². The van der Waals surface area contributed by atoms with Crippen LogP contribution in [0, 0.1) is 0 Å². The molecule has 0 radical (unpaired) electrons. The van der Waals surface area contributed by atoms with E-state index in [1.165, 1.54) is 18.4 Å². The molecule has 1 aromatic rings. The quantitative estimate of drug-likeness (QED) is 0.619. The van der Waals surface area contributed by atoms with Gasteiger partial charge in [-0.3, -0.25) is 0 Å². The summed E-state index contributed by atoms with van der Waals surface area (Å²) in [5, 5.41) is 0. The lowest BCUT2D eigenvalue weighted by atomic mass is 9.75. The van der Waals surface area contributed by atoms with Crippen LogP contribution in [0.25, 0.3) is 0 Å². The number of nitrogens with zero attached hydrogens (tertiary/aromatic N) is 1. The van der Waals surface area contributed by atoms with Crippen LogP contribution < -0.4 is 5.46 Å². The Labute approximate surface area is 123 Å². The standard InChI is InChI=1S/C14H19BBrNO2/c1-13(2)14(3,4)19-15(18-13)11-7-12(16)17-8-10(11)9-5-6-9/h7-9H,5-6H2,1-4H3. The molecule has 2 heterocycles. The van der Waals surface area contributed by atoms with Crippen molar-refractivity contribution in [3.63, 3.8) is 0 Å². The van der Waals surface area contributed by atoms with E-state index in [1.807, 2.05) is 12.3 Å². The summed E-state index contributed by atoms with van der Waals surface area (Å²) in [7, 11) is -0.292. The van der Waals surface area contributed by atoms with Crippen LogP contribution >= 0.6 is 15.9 Å². The maximum absolute atomic E-state index is 6.15. The third kappa shape index (κ3) is 2.37. The summed E-state index contributed by atoms with van der Waals surface area (Å²) in [6.45, 7) is 8.33. The Balaban J connectivity index is 1.97. The van der Waals surface area contributed by atoms with Crippen LogP contribution in [-0.4, -0.2) is 23.3 Å². The third-order valence-corrected chi connectivity index (χ3v) is 4.89. The van der Waals surface area contributed by atoms with E-state index in [2.05, 4.69) is 48.6 Å². The highest BCUT2D eigenvalue weighted by Crippen LogP contribution is 2.41. The van der Waals surface area contributed by atoms with E-state index in [-0.39, 0.29) is 18.3 Å². The van der Waals surface area contributed by atoms with Gasteiger partial charge in [0.1, 0.15) is 4.60 Å². The van der Waals surface area contributed by atoms with E-state index in [9.17, 15) is 0 Å². The second-order valence-electron chi connectivity index (χ2n) is 6.50. The zero-order valence-corrected chi connectivity index (χ0v) is 13.5. The molecule has 0 N–H and O–H groups in total. The Bertz CT molecular complexity index is 498. The van der Waals surface area contributed by atoms with Crippen molar-refractivity contribution in [2.24, 2.45) is 0 Å². The minimum absolute atomic E-state index is 0.292. The van der Waals surface area contributed by atoms with Crippen molar-refractivity contribution in [2.45, 2.75) is 57.7 Å². The molecule has 1 saturated heterocycles. The molecule has 0 spiro atoms. The van der Waals surface area contributed by atoms with Crippen molar-refractivity contribution in [3.05, 3.63) is 22.4 Å². The highest BCUT2D eigenvalue weighted by atomic mass is 79.9. The van der Waals surface area contributed by atoms with Crippen molar-refractivity contribution in [3.8, 4) is 0 Å². The van der Waals surface area contributed by atoms with Gasteiger partial charge in [-0.2, -0.15) is 0 Å². The molecule has 0 aromatic carbocycles. The lowest BCUT2D eigenvalue weighted by molar-refractivity contribution is 0.00578. The summed E-state index contributed by atoms with van der Waals surface area (Å²) in [4.78, 5) is 4.35. The summed E-state index contributed by atoms with van der Waals surface area (Å²) in [5.74, 6) is 0.634. The van der Waals surface area contributed by atoms with Crippen molar-refractivity contribution in [1.29, 1.82) is 0 Å². The highest BCUT2D eigenvalue weighted by molar-refractivity contribution is 9.10. The number of halogens is 1. The molecule has 0 bridgehead atoms. The van der Waals surface area contributed by atoms with Gasteiger partial charge < -0.3 is 9.31 Å².